The summed E-state index contributed by atoms with van der Waals surface area (Å²) < 4.78 is 33.7. The van der Waals surface area contributed by atoms with Crippen molar-refractivity contribution in [2.45, 2.75) is 25.8 Å². The standard InChI is InChI=1S/C16H21NO6S/c1-11(18)13-5-4-12(22-3)8-14(13)23-9-15(19)17-16(2)6-7-24(20,21)10-16/h4-5,8H,6-7,9-10H2,1-3H3,(H,17,19)/t16-/m0/s1. The molecule has 1 fully saturated rings. The summed E-state index contributed by atoms with van der Waals surface area (Å²) in [6.07, 6.45) is 0.374. The molecule has 0 radical (unpaired) electrons. The molecule has 2 rings (SSSR count). The highest BCUT2D eigenvalue weighted by Crippen LogP contribution is 2.26. The van der Waals surface area contributed by atoms with Crippen LogP contribution in [0.25, 0.3) is 0 Å². The van der Waals surface area contributed by atoms with Crippen LogP contribution < -0.4 is 14.8 Å². The first-order valence-corrected chi connectivity index (χ1v) is 9.29. The van der Waals surface area contributed by atoms with Crippen molar-refractivity contribution >= 4 is 21.5 Å². The third kappa shape index (κ3) is 4.47. The summed E-state index contributed by atoms with van der Waals surface area (Å²) in [5, 5.41) is 2.70. The van der Waals surface area contributed by atoms with E-state index in [4.69, 9.17) is 9.47 Å². The topological polar surface area (TPSA) is 98.8 Å². The van der Waals surface area contributed by atoms with Gasteiger partial charge in [0.1, 0.15) is 11.5 Å². The van der Waals surface area contributed by atoms with E-state index < -0.39 is 21.3 Å². The van der Waals surface area contributed by atoms with Gasteiger partial charge < -0.3 is 14.8 Å². The number of amides is 1. The van der Waals surface area contributed by atoms with Crippen LogP contribution in [-0.2, 0) is 14.6 Å². The highest BCUT2D eigenvalue weighted by Gasteiger charge is 2.39. The third-order valence-corrected chi connectivity index (χ3v) is 5.77. The van der Waals surface area contributed by atoms with Gasteiger partial charge in [0.15, 0.2) is 22.2 Å². The van der Waals surface area contributed by atoms with Crippen molar-refractivity contribution in [3.8, 4) is 11.5 Å². The normalized spacial score (nSPS) is 22.0. The minimum absolute atomic E-state index is 0.0645. The van der Waals surface area contributed by atoms with Crippen molar-refractivity contribution < 1.29 is 27.5 Å². The van der Waals surface area contributed by atoms with Gasteiger partial charge in [0.05, 0.1) is 29.7 Å². The first-order chi connectivity index (χ1) is 11.1. The Kier molecular flexibility index (Phi) is 5.17. The van der Waals surface area contributed by atoms with Gasteiger partial charge in [-0.3, -0.25) is 9.59 Å². The zero-order chi connectivity index (χ0) is 18.0. The molecule has 1 amide bonds. The number of ether oxygens (including phenoxy) is 2. The van der Waals surface area contributed by atoms with Gasteiger partial charge in [-0.05, 0) is 32.4 Å². The van der Waals surface area contributed by atoms with E-state index in [9.17, 15) is 18.0 Å². The maximum atomic E-state index is 12.1. The molecule has 24 heavy (non-hydrogen) atoms. The molecule has 1 aromatic rings. The molecule has 8 heteroatoms. The van der Waals surface area contributed by atoms with E-state index in [1.165, 1.54) is 20.1 Å². The zero-order valence-corrected chi connectivity index (χ0v) is 14.7. The number of benzene rings is 1. The molecule has 1 N–H and O–H groups in total. The van der Waals surface area contributed by atoms with E-state index in [-0.39, 0.29) is 29.6 Å². The summed E-state index contributed by atoms with van der Waals surface area (Å²) in [6, 6.07) is 4.74. The Labute approximate surface area is 141 Å². The lowest BCUT2D eigenvalue weighted by Crippen LogP contribution is -2.48. The monoisotopic (exact) mass is 355 g/mol. The second-order valence-corrected chi connectivity index (χ2v) is 8.34. The van der Waals surface area contributed by atoms with E-state index in [0.717, 1.165) is 0 Å². The van der Waals surface area contributed by atoms with Crippen LogP contribution in [0.5, 0.6) is 11.5 Å². The molecule has 1 aromatic carbocycles. The summed E-state index contributed by atoms with van der Waals surface area (Å²) in [6.45, 7) is 2.78. The number of hydrogen-bond acceptors (Lipinski definition) is 6. The molecule has 0 spiro atoms. The van der Waals surface area contributed by atoms with Crippen molar-refractivity contribution in [1.29, 1.82) is 0 Å². The summed E-state index contributed by atoms with van der Waals surface area (Å²) in [4.78, 5) is 23.7. The van der Waals surface area contributed by atoms with Crippen LogP contribution in [0.1, 0.15) is 30.6 Å². The predicted molar refractivity (Wildman–Crippen MR) is 88.3 cm³/mol. The quantitative estimate of drug-likeness (QED) is 0.764. The van der Waals surface area contributed by atoms with Gasteiger partial charge in [-0.25, -0.2) is 8.42 Å². The highest BCUT2D eigenvalue weighted by atomic mass is 32.2. The Hall–Kier alpha value is -2.09. The number of methoxy groups -OCH3 is 1. The van der Waals surface area contributed by atoms with Gasteiger partial charge in [0.25, 0.3) is 5.91 Å². The molecule has 1 atom stereocenters. The summed E-state index contributed by atoms with van der Waals surface area (Å²) in [5.74, 6) is 0.109. The average molecular weight is 355 g/mol. The molecule has 0 saturated carbocycles. The van der Waals surface area contributed by atoms with Gasteiger partial charge in [0.2, 0.25) is 0 Å². The second kappa shape index (κ2) is 6.80. The van der Waals surface area contributed by atoms with Crippen LogP contribution in [0.15, 0.2) is 18.2 Å². The van der Waals surface area contributed by atoms with E-state index >= 15 is 0 Å². The van der Waals surface area contributed by atoms with Crippen LogP contribution in [0.2, 0.25) is 0 Å². The average Bonchev–Trinajstić information content (AvgIpc) is 2.77. The van der Waals surface area contributed by atoms with E-state index in [1.807, 2.05) is 0 Å². The fraction of sp³-hybridized carbons (Fsp3) is 0.500. The SMILES string of the molecule is COc1ccc(C(C)=O)c(OCC(=O)N[C@@]2(C)CCS(=O)(=O)C2)c1. The van der Waals surface area contributed by atoms with E-state index in [0.29, 0.717) is 17.7 Å². The lowest BCUT2D eigenvalue weighted by atomic mass is 10.0. The van der Waals surface area contributed by atoms with Gasteiger partial charge >= 0.3 is 0 Å². The van der Waals surface area contributed by atoms with Crippen molar-refractivity contribution in [2.24, 2.45) is 0 Å². The number of sulfone groups is 1. The maximum Gasteiger partial charge on any atom is 0.258 e. The molecule has 1 aliphatic heterocycles. The van der Waals surface area contributed by atoms with Gasteiger partial charge in [0, 0.05) is 6.07 Å². The van der Waals surface area contributed by atoms with E-state index in [1.54, 1.807) is 19.1 Å². The first-order valence-electron chi connectivity index (χ1n) is 7.47. The largest absolute Gasteiger partial charge is 0.497 e. The summed E-state index contributed by atoms with van der Waals surface area (Å²) in [7, 11) is -1.62. The lowest BCUT2D eigenvalue weighted by Gasteiger charge is -2.24. The molecule has 0 unspecified atom stereocenters. The summed E-state index contributed by atoms with van der Waals surface area (Å²) in [5.41, 5.74) is -0.435. The molecule has 0 aliphatic carbocycles. The number of Topliss-reactive ketones (excluding diaryl/α,β-unsaturated/α-hetero) is 1. The number of nitrogens with one attached hydrogen (secondary N) is 1. The lowest BCUT2D eigenvalue weighted by molar-refractivity contribution is -0.124. The smallest absolute Gasteiger partial charge is 0.258 e. The molecule has 0 aromatic heterocycles. The molecular weight excluding hydrogens is 334 g/mol. The Morgan fingerprint density at radius 3 is 2.58 bits per heavy atom. The molecule has 1 heterocycles. The second-order valence-electron chi connectivity index (χ2n) is 6.16. The number of ketones is 1. The predicted octanol–water partition coefficient (Wildman–Crippen LogP) is 0.970. The molecule has 7 nitrogen and oxygen atoms in total. The zero-order valence-electron chi connectivity index (χ0n) is 13.9. The maximum absolute atomic E-state index is 12.1. The number of rotatable bonds is 6. The Balaban J connectivity index is 2.03. The molecule has 0 bridgehead atoms. The third-order valence-electron chi connectivity index (χ3n) is 3.87. The van der Waals surface area contributed by atoms with Gasteiger partial charge in [-0.2, -0.15) is 0 Å². The number of carbonyl (C=O) groups excluding carboxylic acids is 2. The Morgan fingerprint density at radius 2 is 2.04 bits per heavy atom. The fourth-order valence-electron chi connectivity index (χ4n) is 2.66. The van der Waals surface area contributed by atoms with Crippen LogP contribution in [-0.4, -0.2) is 50.9 Å². The minimum Gasteiger partial charge on any atom is -0.497 e. The van der Waals surface area contributed by atoms with Crippen LogP contribution in [0, 0.1) is 0 Å². The van der Waals surface area contributed by atoms with Crippen molar-refractivity contribution in [2.75, 3.05) is 25.2 Å². The first kappa shape index (κ1) is 18.3. The number of carbonyl (C=O) groups is 2. The van der Waals surface area contributed by atoms with Crippen molar-refractivity contribution in [3.05, 3.63) is 23.8 Å². The van der Waals surface area contributed by atoms with E-state index in [2.05, 4.69) is 5.32 Å². The van der Waals surface area contributed by atoms with Gasteiger partial charge in [-0.1, -0.05) is 0 Å². The molecular formula is C16H21NO6S. The molecule has 1 saturated heterocycles. The van der Waals surface area contributed by atoms with Crippen LogP contribution in [0.3, 0.4) is 0 Å². The highest BCUT2D eigenvalue weighted by molar-refractivity contribution is 7.91. The van der Waals surface area contributed by atoms with Crippen molar-refractivity contribution in [1.82, 2.24) is 5.32 Å². The summed E-state index contributed by atoms with van der Waals surface area (Å²) >= 11 is 0. The van der Waals surface area contributed by atoms with Crippen molar-refractivity contribution in [3.63, 3.8) is 0 Å². The minimum atomic E-state index is -3.11. The fourth-order valence-corrected chi connectivity index (χ4v) is 4.76. The molecule has 1 aliphatic rings. The van der Waals surface area contributed by atoms with Crippen LogP contribution in [0.4, 0.5) is 0 Å². The van der Waals surface area contributed by atoms with Crippen LogP contribution >= 0.6 is 0 Å². The molecule has 132 valence electrons. The van der Waals surface area contributed by atoms with Gasteiger partial charge in [-0.15, -0.1) is 0 Å². The number of hydrogen-bond donors (Lipinski definition) is 1. The Morgan fingerprint density at radius 1 is 1.33 bits per heavy atom. The Bertz CT molecular complexity index is 758.